The molecule has 4 aliphatic heterocycles. The Morgan fingerprint density at radius 1 is 0.455 bits per heavy atom. The summed E-state index contributed by atoms with van der Waals surface area (Å²) < 4.78 is 73.0. The molecule has 4 aliphatic rings. The van der Waals surface area contributed by atoms with E-state index in [-0.39, 0.29) is 64.7 Å². The third-order valence-electron chi connectivity index (χ3n) is 11.0. The zero-order valence-corrected chi connectivity index (χ0v) is 38.5. The maximum absolute atomic E-state index is 11.5. The highest BCUT2D eigenvalue weighted by Crippen LogP contribution is 2.59. The summed E-state index contributed by atoms with van der Waals surface area (Å²) in [5.41, 5.74) is 3.14. The normalized spacial score (nSPS) is 21.3. The van der Waals surface area contributed by atoms with Crippen LogP contribution in [0.15, 0.2) is 92.4 Å². The van der Waals surface area contributed by atoms with Crippen LogP contribution in [0, 0.1) is 11.8 Å². The molecule has 2 saturated heterocycles. The molecule has 0 radical (unpaired) electrons. The second kappa shape index (κ2) is 21.0. The average Bonchev–Trinajstić information content (AvgIpc) is 3.30. The molecule has 0 unspecified atom stereocenters. The van der Waals surface area contributed by atoms with E-state index in [1.165, 1.54) is 51.2 Å². The van der Waals surface area contributed by atoms with Gasteiger partial charge in [-0.3, -0.25) is 19.2 Å². The zero-order valence-electron chi connectivity index (χ0n) is 36.9. The Hall–Kier alpha value is -5.50. The fourth-order valence-electron chi connectivity index (χ4n) is 8.05. The van der Waals surface area contributed by atoms with Gasteiger partial charge in [0.15, 0.2) is 23.0 Å². The van der Waals surface area contributed by atoms with E-state index in [2.05, 4.69) is 0 Å². The molecular formula is C48H50O16S2. The van der Waals surface area contributed by atoms with E-state index in [0.717, 1.165) is 32.0 Å². The summed E-state index contributed by atoms with van der Waals surface area (Å²) in [6, 6.07) is 23.1. The van der Waals surface area contributed by atoms with Gasteiger partial charge in [0, 0.05) is 71.6 Å². The van der Waals surface area contributed by atoms with Crippen LogP contribution >= 0.6 is 23.5 Å². The molecule has 350 valence electrons. The minimum Gasteiger partial charge on any atom is -0.486 e. The largest absolute Gasteiger partial charge is 0.486 e. The Morgan fingerprint density at radius 2 is 0.788 bits per heavy atom. The van der Waals surface area contributed by atoms with E-state index >= 15 is 0 Å². The molecule has 4 aromatic carbocycles. The van der Waals surface area contributed by atoms with Gasteiger partial charge in [0.1, 0.15) is 52.9 Å². The molecule has 0 amide bonds. The highest BCUT2D eigenvalue weighted by Gasteiger charge is 2.52. The Morgan fingerprint density at radius 3 is 1.14 bits per heavy atom. The van der Waals surface area contributed by atoms with Crippen LogP contribution in [0.5, 0.6) is 23.0 Å². The van der Waals surface area contributed by atoms with Crippen molar-refractivity contribution in [2.45, 2.75) is 58.9 Å². The molecule has 0 N–H and O–H groups in total. The van der Waals surface area contributed by atoms with Crippen LogP contribution in [0.25, 0.3) is 0 Å². The topological polar surface area (TPSA) is 179 Å². The summed E-state index contributed by atoms with van der Waals surface area (Å²) in [5, 5.41) is 0. The van der Waals surface area contributed by atoms with Gasteiger partial charge in [-0.15, -0.1) is 0 Å². The third kappa shape index (κ3) is 10.1. The molecule has 0 bridgehead atoms. The number of benzene rings is 4. The molecule has 4 heterocycles. The Balaban J connectivity index is 1.04. The summed E-state index contributed by atoms with van der Waals surface area (Å²) in [5.74, 6) is -2.85. The number of esters is 4. The third-order valence-corrected chi connectivity index (χ3v) is 13.4. The Kier molecular flexibility index (Phi) is 14.9. The lowest BCUT2D eigenvalue weighted by atomic mass is 9.88. The van der Waals surface area contributed by atoms with Crippen LogP contribution in [-0.2, 0) is 68.6 Å². The number of hydrogen-bond donors (Lipinski definition) is 0. The fourth-order valence-corrected chi connectivity index (χ4v) is 10.5. The van der Waals surface area contributed by atoms with E-state index < -0.39 is 35.5 Å². The van der Waals surface area contributed by atoms with E-state index in [9.17, 15) is 19.2 Å². The summed E-state index contributed by atoms with van der Waals surface area (Å²) in [7, 11) is 0. The van der Waals surface area contributed by atoms with Crippen molar-refractivity contribution >= 4 is 47.4 Å². The van der Waals surface area contributed by atoms with E-state index in [1.807, 2.05) is 60.7 Å². The van der Waals surface area contributed by atoms with Crippen LogP contribution in [0.4, 0.5) is 0 Å². The first-order valence-electron chi connectivity index (χ1n) is 21.5. The van der Waals surface area contributed by atoms with Crippen molar-refractivity contribution in [3.63, 3.8) is 0 Å². The van der Waals surface area contributed by atoms with Gasteiger partial charge in [0.2, 0.25) is 11.6 Å². The average molecular weight is 947 g/mol. The molecule has 66 heavy (non-hydrogen) atoms. The quantitative estimate of drug-likeness (QED) is 0.0612. The minimum absolute atomic E-state index is 0.0246. The van der Waals surface area contributed by atoms with Crippen molar-refractivity contribution in [2.75, 3.05) is 79.3 Å². The van der Waals surface area contributed by atoms with E-state index in [0.29, 0.717) is 59.2 Å². The van der Waals surface area contributed by atoms with Crippen LogP contribution in [0.2, 0.25) is 0 Å². The first-order chi connectivity index (χ1) is 32.0. The van der Waals surface area contributed by atoms with E-state index in [4.69, 9.17) is 56.8 Å². The molecule has 2 spiro atoms. The van der Waals surface area contributed by atoms with Crippen molar-refractivity contribution in [2.24, 2.45) is 11.8 Å². The predicted octanol–water partition coefficient (Wildman–Crippen LogP) is 6.81. The predicted molar refractivity (Wildman–Crippen MR) is 235 cm³/mol. The van der Waals surface area contributed by atoms with Gasteiger partial charge in [-0.05, 0) is 36.4 Å². The fraction of sp³-hybridized carbons (Fsp3) is 0.417. The lowest BCUT2D eigenvalue weighted by molar-refractivity contribution is -0.309. The molecule has 0 aliphatic carbocycles. The van der Waals surface area contributed by atoms with Gasteiger partial charge in [-0.25, -0.2) is 0 Å². The summed E-state index contributed by atoms with van der Waals surface area (Å²) >= 11 is 2.98. The number of rotatable bonds is 17. The van der Waals surface area contributed by atoms with Gasteiger partial charge in [0.05, 0.1) is 36.2 Å². The Labute approximate surface area is 390 Å². The SMILES string of the molecule is CC(=O)OCCOc1ccc2c(c1OCCOC(C)=O)Sc1ccccc1C21OCC(C2COC3(OC2)c2ccccc2Sc2c3ccc(OCCOC(C)=O)c2OCCOC(C)=O)CO1. The standard InChI is InChI=1S/C48H50O16S2/c1-29(49)53-17-21-57-39-15-13-37-45(43(39)59-23-19-55-31(3)51)65-41-11-7-5-9-35(41)47(37)61-25-33(26-62-47)34-27-63-48(64-28-34)36-10-6-8-12-42(36)66-46-38(48)14-16-40(58-22-18-54-30(2)50)44(46)60-24-20-56-32(4)52/h5-16,33-34H,17-28H2,1-4H3. The number of ether oxygens (including phenoxy) is 12. The first-order valence-corrected chi connectivity index (χ1v) is 23.1. The molecule has 0 aromatic heterocycles. The smallest absolute Gasteiger partial charge is 0.302 e. The van der Waals surface area contributed by atoms with E-state index in [1.54, 1.807) is 12.1 Å². The second-order valence-electron chi connectivity index (χ2n) is 15.5. The van der Waals surface area contributed by atoms with Gasteiger partial charge in [0.25, 0.3) is 0 Å². The van der Waals surface area contributed by atoms with Crippen molar-refractivity contribution in [1.29, 1.82) is 0 Å². The number of fused-ring (bicyclic) bond motifs is 8. The molecule has 8 rings (SSSR count). The van der Waals surface area contributed by atoms with Gasteiger partial charge in [-0.2, -0.15) is 0 Å². The van der Waals surface area contributed by atoms with Gasteiger partial charge >= 0.3 is 23.9 Å². The lowest BCUT2D eigenvalue weighted by Crippen LogP contribution is -2.51. The highest BCUT2D eigenvalue weighted by molar-refractivity contribution is 8.00. The van der Waals surface area contributed by atoms with Crippen molar-refractivity contribution in [3.8, 4) is 23.0 Å². The van der Waals surface area contributed by atoms with Crippen molar-refractivity contribution in [3.05, 3.63) is 95.1 Å². The maximum atomic E-state index is 11.5. The molecule has 16 nitrogen and oxygen atoms in total. The van der Waals surface area contributed by atoms with Crippen molar-refractivity contribution in [1.82, 2.24) is 0 Å². The number of carbonyl (C=O) groups excluding carboxylic acids is 4. The molecule has 2 fully saturated rings. The number of carbonyl (C=O) groups is 4. The van der Waals surface area contributed by atoms with Crippen LogP contribution in [0.1, 0.15) is 49.9 Å². The second-order valence-corrected chi connectivity index (χ2v) is 17.6. The molecular weight excluding hydrogens is 897 g/mol. The molecule has 4 aromatic rings. The Bertz CT molecular complexity index is 2260. The highest BCUT2D eigenvalue weighted by atomic mass is 32.2. The molecule has 18 heteroatoms. The minimum atomic E-state index is -1.29. The summed E-state index contributed by atoms with van der Waals surface area (Å²) in [4.78, 5) is 49.2. The monoisotopic (exact) mass is 946 g/mol. The van der Waals surface area contributed by atoms with Crippen LogP contribution in [-0.4, -0.2) is 103 Å². The number of hydrogen-bond acceptors (Lipinski definition) is 18. The summed E-state index contributed by atoms with van der Waals surface area (Å²) in [6.07, 6.45) is 0. The molecule has 0 atom stereocenters. The molecule has 0 saturated carbocycles. The lowest BCUT2D eigenvalue weighted by Gasteiger charge is -2.48. The van der Waals surface area contributed by atoms with Crippen LogP contribution in [0.3, 0.4) is 0 Å². The maximum Gasteiger partial charge on any atom is 0.302 e. The zero-order chi connectivity index (χ0) is 46.3. The van der Waals surface area contributed by atoms with Gasteiger partial charge < -0.3 is 56.8 Å². The summed E-state index contributed by atoms with van der Waals surface area (Å²) in [6.45, 7) is 7.00. The van der Waals surface area contributed by atoms with Crippen molar-refractivity contribution < 1.29 is 76.0 Å². The first kappa shape index (κ1) is 47.0. The van der Waals surface area contributed by atoms with Crippen LogP contribution < -0.4 is 18.9 Å². The van der Waals surface area contributed by atoms with Gasteiger partial charge in [-0.1, -0.05) is 59.9 Å².